The largest absolute Gasteiger partial charge is 0.324 e. The zero-order chi connectivity index (χ0) is 11.8. The minimum absolute atomic E-state index is 0.308. The van der Waals surface area contributed by atoms with Crippen molar-refractivity contribution in [2.24, 2.45) is 11.7 Å². The number of nitrogens with two attached hydrogens (primary N) is 1. The minimum Gasteiger partial charge on any atom is -0.324 e. The summed E-state index contributed by atoms with van der Waals surface area (Å²) in [6.45, 7) is 7.48. The molecular weight excluding hydrogens is 210 g/mol. The van der Waals surface area contributed by atoms with Crippen LogP contribution in [0.25, 0.3) is 0 Å². The number of piperazine rings is 1. The zero-order valence-corrected chi connectivity index (χ0v) is 10.9. The predicted octanol–water partition coefficient (Wildman–Crippen LogP) is 1.06. The monoisotopic (exact) mass is 235 g/mol. The molecule has 2 N–H and O–H groups in total. The maximum atomic E-state index is 5.94. The van der Waals surface area contributed by atoms with E-state index in [-0.39, 0.29) is 0 Å². The molecule has 0 spiro atoms. The third-order valence-electron chi connectivity index (χ3n) is 4.74. The quantitative estimate of drug-likeness (QED) is 0.726. The molecule has 96 valence electrons. The molecule has 0 saturated carbocycles. The van der Waals surface area contributed by atoms with Crippen LogP contribution in [0.3, 0.4) is 0 Å². The van der Waals surface area contributed by atoms with Crippen LogP contribution in [0.1, 0.15) is 26.2 Å². The van der Waals surface area contributed by atoms with E-state index >= 15 is 0 Å². The summed E-state index contributed by atoms with van der Waals surface area (Å²) < 4.78 is 0. The molecule has 0 aromatic carbocycles. The smallest absolute Gasteiger partial charge is 0.0229 e. The van der Waals surface area contributed by atoms with Crippen molar-refractivity contribution in [2.45, 2.75) is 44.3 Å². The molecule has 3 nitrogen and oxygen atoms in total. The van der Waals surface area contributed by atoms with Gasteiger partial charge >= 0.3 is 0 Å². The summed E-state index contributed by atoms with van der Waals surface area (Å²) in [6, 6.07) is 1.86. The minimum atomic E-state index is 0.308. The van der Waals surface area contributed by atoms with Crippen molar-refractivity contribution >= 4 is 0 Å². The SMILES string of the molecule is CC1CN2CCCC2CN1CC1C=CC(N)C1. The Bertz CT molecular complexity index is 302. The summed E-state index contributed by atoms with van der Waals surface area (Å²) in [4.78, 5) is 5.39. The van der Waals surface area contributed by atoms with E-state index in [9.17, 15) is 0 Å². The maximum absolute atomic E-state index is 5.94. The van der Waals surface area contributed by atoms with Gasteiger partial charge in [-0.25, -0.2) is 0 Å². The number of hydrogen-bond donors (Lipinski definition) is 1. The highest BCUT2D eigenvalue weighted by atomic mass is 15.3. The average Bonchev–Trinajstić information content (AvgIpc) is 2.88. The molecule has 3 heteroatoms. The number of nitrogens with zero attached hydrogens (tertiary/aromatic N) is 2. The molecule has 2 heterocycles. The van der Waals surface area contributed by atoms with E-state index in [0.29, 0.717) is 12.0 Å². The van der Waals surface area contributed by atoms with E-state index in [1.165, 1.54) is 39.0 Å². The molecule has 3 rings (SSSR count). The van der Waals surface area contributed by atoms with Gasteiger partial charge in [0.05, 0.1) is 0 Å². The lowest BCUT2D eigenvalue weighted by atomic mass is 10.0. The van der Waals surface area contributed by atoms with Crippen molar-refractivity contribution in [1.29, 1.82) is 0 Å². The van der Waals surface area contributed by atoms with Crippen molar-refractivity contribution in [3.05, 3.63) is 12.2 Å². The molecule has 4 unspecified atom stereocenters. The Labute approximate surface area is 105 Å². The van der Waals surface area contributed by atoms with Crippen LogP contribution in [0.2, 0.25) is 0 Å². The number of rotatable bonds is 2. The molecule has 1 aliphatic carbocycles. The summed E-state index contributed by atoms with van der Waals surface area (Å²) in [7, 11) is 0. The molecule has 0 aromatic heterocycles. The van der Waals surface area contributed by atoms with Crippen LogP contribution in [-0.2, 0) is 0 Å². The lowest BCUT2D eigenvalue weighted by Gasteiger charge is -2.43. The standard InChI is InChI=1S/C14H25N3/c1-11-8-16-6-2-3-14(16)10-17(11)9-12-4-5-13(15)7-12/h4-5,11-14H,2-3,6-10,15H2,1H3. The van der Waals surface area contributed by atoms with Gasteiger partial charge < -0.3 is 5.73 Å². The Kier molecular flexibility index (Phi) is 3.24. The van der Waals surface area contributed by atoms with E-state index < -0.39 is 0 Å². The summed E-state index contributed by atoms with van der Waals surface area (Å²) in [5.74, 6) is 0.695. The third kappa shape index (κ3) is 2.42. The van der Waals surface area contributed by atoms with Crippen LogP contribution in [0, 0.1) is 5.92 Å². The van der Waals surface area contributed by atoms with Crippen LogP contribution in [0.15, 0.2) is 12.2 Å². The van der Waals surface area contributed by atoms with Gasteiger partial charge in [-0.3, -0.25) is 9.80 Å². The van der Waals surface area contributed by atoms with Crippen molar-refractivity contribution in [3.8, 4) is 0 Å². The van der Waals surface area contributed by atoms with Gasteiger partial charge in [0.2, 0.25) is 0 Å². The van der Waals surface area contributed by atoms with Gasteiger partial charge in [-0.05, 0) is 38.6 Å². The molecule has 0 amide bonds. The van der Waals surface area contributed by atoms with Gasteiger partial charge in [0.1, 0.15) is 0 Å². The van der Waals surface area contributed by atoms with Crippen molar-refractivity contribution in [3.63, 3.8) is 0 Å². The van der Waals surface area contributed by atoms with Crippen LogP contribution in [-0.4, -0.2) is 54.1 Å². The normalized spacial score (nSPS) is 43.2. The van der Waals surface area contributed by atoms with E-state index in [4.69, 9.17) is 5.73 Å². The Balaban J connectivity index is 1.57. The number of fused-ring (bicyclic) bond motifs is 1. The number of hydrogen-bond acceptors (Lipinski definition) is 3. The van der Waals surface area contributed by atoms with Crippen LogP contribution in [0.4, 0.5) is 0 Å². The Hall–Kier alpha value is -0.380. The van der Waals surface area contributed by atoms with E-state index in [2.05, 4.69) is 28.9 Å². The fourth-order valence-corrected chi connectivity index (χ4v) is 3.75. The van der Waals surface area contributed by atoms with Crippen LogP contribution >= 0.6 is 0 Å². The molecule has 0 radical (unpaired) electrons. The van der Waals surface area contributed by atoms with Crippen molar-refractivity contribution in [1.82, 2.24) is 9.80 Å². The average molecular weight is 235 g/mol. The maximum Gasteiger partial charge on any atom is 0.0229 e. The lowest BCUT2D eigenvalue weighted by molar-refractivity contribution is 0.0522. The second-order valence-corrected chi connectivity index (χ2v) is 6.14. The second-order valence-electron chi connectivity index (χ2n) is 6.14. The van der Waals surface area contributed by atoms with Gasteiger partial charge in [-0.1, -0.05) is 12.2 Å². The van der Waals surface area contributed by atoms with Crippen LogP contribution in [0.5, 0.6) is 0 Å². The summed E-state index contributed by atoms with van der Waals surface area (Å²) in [6.07, 6.45) is 8.47. The van der Waals surface area contributed by atoms with Crippen molar-refractivity contribution in [2.75, 3.05) is 26.2 Å². The molecule has 2 aliphatic heterocycles. The van der Waals surface area contributed by atoms with E-state index in [1.807, 2.05) is 0 Å². The Morgan fingerprint density at radius 3 is 2.94 bits per heavy atom. The third-order valence-corrected chi connectivity index (χ3v) is 4.74. The highest BCUT2D eigenvalue weighted by Crippen LogP contribution is 2.26. The first-order chi connectivity index (χ1) is 8.22. The molecule has 3 aliphatic rings. The highest BCUT2D eigenvalue weighted by Gasteiger charge is 2.35. The Morgan fingerprint density at radius 2 is 2.18 bits per heavy atom. The fourth-order valence-electron chi connectivity index (χ4n) is 3.75. The molecule has 2 saturated heterocycles. The molecule has 17 heavy (non-hydrogen) atoms. The molecule has 0 aromatic rings. The van der Waals surface area contributed by atoms with Gasteiger partial charge in [-0.15, -0.1) is 0 Å². The van der Waals surface area contributed by atoms with Gasteiger partial charge in [0, 0.05) is 37.8 Å². The second kappa shape index (κ2) is 4.71. The van der Waals surface area contributed by atoms with E-state index in [1.54, 1.807) is 0 Å². The zero-order valence-electron chi connectivity index (χ0n) is 10.9. The van der Waals surface area contributed by atoms with Gasteiger partial charge in [0.25, 0.3) is 0 Å². The summed E-state index contributed by atoms with van der Waals surface area (Å²) >= 11 is 0. The van der Waals surface area contributed by atoms with Crippen molar-refractivity contribution < 1.29 is 0 Å². The topological polar surface area (TPSA) is 32.5 Å². The molecule has 2 fully saturated rings. The van der Waals surface area contributed by atoms with Gasteiger partial charge in [-0.2, -0.15) is 0 Å². The predicted molar refractivity (Wildman–Crippen MR) is 70.9 cm³/mol. The summed E-state index contributed by atoms with van der Waals surface area (Å²) in [5, 5.41) is 0. The first-order valence-corrected chi connectivity index (χ1v) is 7.14. The summed E-state index contributed by atoms with van der Waals surface area (Å²) in [5.41, 5.74) is 5.94. The first-order valence-electron chi connectivity index (χ1n) is 7.14. The van der Waals surface area contributed by atoms with E-state index in [0.717, 1.165) is 18.5 Å². The van der Waals surface area contributed by atoms with Gasteiger partial charge in [0.15, 0.2) is 0 Å². The lowest BCUT2D eigenvalue weighted by Crippen LogP contribution is -2.55. The highest BCUT2D eigenvalue weighted by molar-refractivity contribution is 5.06. The fraction of sp³-hybridized carbons (Fsp3) is 0.857. The van der Waals surface area contributed by atoms with Crippen LogP contribution < -0.4 is 5.73 Å². The first kappa shape index (κ1) is 11.7. The Morgan fingerprint density at radius 1 is 1.29 bits per heavy atom. The molecular formula is C14H25N3. The molecule has 0 bridgehead atoms. The molecule has 4 atom stereocenters.